The lowest BCUT2D eigenvalue weighted by atomic mass is 9.78. The number of hydrogen-bond acceptors (Lipinski definition) is 10. The van der Waals surface area contributed by atoms with Gasteiger partial charge in [-0.05, 0) is 12.7 Å². The predicted molar refractivity (Wildman–Crippen MR) is 107 cm³/mol. The molecule has 0 radical (unpaired) electrons. The second-order valence-electron chi connectivity index (χ2n) is 7.39. The molecule has 1 aromatic carbocycles. The van der Waals surface area contributed by atoms with E-state index in [9.17, 15) is 19.5 Å². The summed E-state index contributed by atoms with van der Waals surface area (Å²) in [6, 6.07) is 0. The number of rotatable bonds is 8. The van der Waals surface area contributed by atoms with Crippen molar-refractivity contribution in [1.29, 1.82) is 0 Å². The molecule has 1 aliphatic heterocycles. The van der Waals surface area contributed by atoms with Gasteiger partial charge in [-0.1, -0.05) is 6.42 Å². The smallest absolute Gasteiger partial charge is 0.451 e. The maximum Gasteiger partial charge on any atom is 0.451 e. The number of carboxylic acids is 1. The molecule has 1 saturated heterocycles. The fraction of sp³-hybridized carbons (Fsp3) is 0.500. The summed E-state index contributed by atoms with van der Waals surface area (Å²) in [5, 5.41) is 27.7. The lowest BCUT2D eigenvalue weighted by Gasteiger charge is -2.28. The van der Waals surface area contributed by atoms with Crippen molar-refractivity contribution in [1.82, 2.24) is 9.97 Å². The zero-order chi connectivity index (χ0) is 21.5. The Labute approximate surface area is 165 Å². The molecule has 2 aromatic rings. The van der Waals surface area contributed by atoms with Crippen molar-refractivity contribution in [3.8, 4) is 0 Å². The highest BCUT2D eigenvalue weighted by Crippen LogP contribution is 2.37. The molecule has 1 aliphatic rings. The Morgan fingerprint density at radius 2 is 2.14 bits per heavy atom. The van der Waals surface area contributed by atoms with Crippen molar-refractivity contribution in [3.05, 3.63) is 26.8 Å². The average Bonchev–Trinajstić information content (AvgIpc) is 3.22. The number of carbonyl (C=O) groups is 1. The quantitative estimate of drug-likeness (QED) is 0.206. The Balaban J connectivity index is 1.89. The standard InChI is InChI=1S/C16H23BN6O6/c1-22(14-13(18)20-7-21-14)9-10(12(25)11(9)24)23-5-8(3-2-4-17(28)29)16(19,6-23)15(26)27/h7-8,28-29H,2-6,18-19H2,1H3,(H,20,21)(H,26,27)/t8-,16-/m0/s1. The minimum Gasteiger partial charge on any atom is -0.480 e. The van der Waals surface area contributed by atoms with Crippen molar-refractivity contribution >= 4 is 36.1 Å². The minimum atomic E-state index is -1.64. The van der Waals surface area contributed by atoms with E-state index >= 15 is 0 Å². The van der Waals surface area contributed by atoms with Gasteiger partial charge in [-0.2, -0.15) is 0 Å². The molecule has 29 heavy (non-hydrogen) atoms. The summed E-state index contributed by atoms with van der Waals surface area (Å²) < 4.78 is 0. The summed E-state index contributed by atoms with van der Waals surface area (Å²) >= 11 is 0. The molecule has 0 aliphatic carbocycles. The fourth-order valence-electron chi connectivity index (χ4n) is 3.90. The maximum absolute atomic E-state index is 12.3. The number of aromatic amines is 1. The summed E-state index contributed by atoms with van der Waals surface area (Å²) in [4.78, 5) is 46.0. The van der Waals surface area contributed by atoms with Crippen LogP contribution in [0.25, 0.3) is 0 Å². The molecule has 0 amide bonds. The van der Waals surface area contributed by atoms with Crippen LogP contribution in [0.3, 0.4) is 0 Å². The van der Waals surface area contributed by atoms with E-state index < -0.39 is 35.4 Å². The van der Waals surface area contributed by atoms with Crippen molar-refractivity contribution in [2.24, 2.45) is 11.7 Å². The number of H-pyrrole nitrogens is 1. The first-order chi connectivity index (χ1) is 13.6. The molecule has 8 N–H and O–H groups in total. The first-order valence-electron chi connectivity index (χ1n) is 9.07. The van der Waals surface area contributed by atoms with Crippen molar-refractivity contribution in [2.75, 3.05) is 35.7 Å². The van der Waals surface area contributed by atoms with Gasteiger partial charge in [0.25, 0.3) is 10.9 Å². The van der Waals surface area contributed by atoms with Gasteiger partial charge in [0.2, 0.25) is 0 Å². The molecule has 3 rings (SSSR count). The zero-order valence-corrected chi connectivity index (χ0v) is 15.8. The van der Waals surface area contributed by atoms with Gasteiger partial charge in [0.05, 0.1) is 6.33 Å². The third-order valence-corrected chi connectivity index (χ3v) is 5.53. The molecule has 12 nitrogen and oxygen atoms in total. The van der Waals surface area contributed by atoms with Gasteiger partial charge in [0, 0.05) is 26.1 Å². The van der Waals surface area contributed by atoms with Gasteiger partial charge in [0.1, 0.15) is 16.9 Å². The number of carboxylic acid groups (broad SMARTS) is 1. The van der Waals surface area contributed by atoms with E-state index in [4.69, 9.17) is 21.5 Å². The van der Waals surface area contributed by atoms with E-state index in [1.54, 1.807) is 7.05 Å². The Kier molecular flexibility index (Phi) is 5.39. The van der Waals surface area contributed by atoms with E-state index in [0.29, 0.717) is 18.7 Å². The molecule has 1 fully saturated rings. The number of nitrogens with two attached hydrogens (primary N) is 2. The maximum atomic E-state index is 12.3. The number of nitrogens with one attached hydrogen (secondary N) is 1. The molecule has 0 saturated carbocycles. The van der Waals surface area contributed by atoms with Gasteiger partial charge in [-0.15, -0.1) is 0 Å². The van der Waals surface area contributed by atoms with E-state index in [-0.39, 0.29) is 36.6 Å². The fourth-order valence-corrected chi connectivity index (χ4v) is 3.90. The van der Waals surface area contributed by atoms with Gasteiger partial charge in [-0.3, -0.25) is 14.4 Å². The summed E-state index contributed by atoms with van der Waals surface area (Å²) in [6.45, 7) is -0.00664. The van der Waals surface area contributed by atoms with Gasteiger partial charge in [0.15, 0.2) is 11.6 Å². The van der Waals surface area contributed by atoms with E-state index in [1.807, 2.05) is 0 Å². The minimum absolute atomic E-state index is 0.0827. The Morgan fingerprint density at radius 1 is 1.45 bits per heavy atom. The van der Waals surface area contributed by atoms with E-state index in [0.717, 1.165) is 0 Å². The van der Waals surface area contributed by atoms with Crippen molar-refractivity contribution < 1.29 is 19.9 Å². The van der Waals surface area contributed by atoms with Crippen LogP contribution in [0, 0.1) is 5.92 Å². The van der Waals surface area contributed by atoms with Crippen LogP contribution in [-0.4, -0.2) is 63.9 Å². The predicted octanol–water partition coefficient (Wildman–Crippen LogP) is -2.17. The van der Waals surface area contributed by atoms with Crippen molar-refractivity contribution in [3.63, 3.8) is 0 Å². The van der Waals surface area contributed by atoms with Crippen LogP contribution in [0.15, 0.2) is 15.9 Å². The average molecular weight is 406 g/mol. The molecule has 2 atom stereocenters. The Bertz CT molecular complexity index is 985. The second kappa shape index (κ2) is 7.50. The van der Waals surface area contributed by atoms with Crippen LogP contribution in [0.1, 0.15) is 12.8 Å². The number of imidazole rings is 1. The number of nitrogens with zero attached hydrogens (tertiary/aromatic N) is 3. The number of aromatic nitrogens is 2. The summed E-state index contributed by atoms with van der Waals surface area (Å²) in [5.41, 5.74) is 9.04. The van der Waals surface area contributed by atoms with Gasteiger partial charge >= 0.3 is 13.1 Å². The molecule has 156 valence electrons. The highest BCUT2D eigenvalue weighted by molar-refractivity contribution is 6.40. The molecule has 0 bridgehead atoms. The molecule has 1 aromatic heterocycles. The number of hydrogen-bond donors (Lipinski definition) is 6. The monoisotopic (exact) mass is 406 g/mol. The normalized spacial score (nSPS) is 21.7. The van der Waals surface area contributed by atoms with E-state index in [2.05, 4.69) is 9.97 Å². The highest BCUT2D eigenvalue weighted by atomic mass is 16.4. The Morgan fingerprint density at radius 3 is 2.69 bits per heavy atom. The van der Waals surface area contributed by atoms with Crippen molar-refractivity contribution in [2.45, 2.75) is 24.7 Å². The highest BCUT2D eigenvalue weighted by Gasteiger charge is 2.51. The van der Waals surface area contributed by atoms with Crippen LogP contribution in [0.2, 0.25) is 6.32 Å². The molecule has 2 heterocycles. The first-order valence-corrected chi connectivity index (χ1v) is 9.07. The number of anilines is 4. The molecular formula is C16H23BN6O6. The topological polar surface area (TPSA) is 199 Å². The van der Waals surface area contributed by atoms with E-state index in [1.165, 1.54) is 16.1 Å². The third kappa shape index (κ3) is 3.47. The first kappa shape index (κ1) is 20.8. The summed E-state index contributed by atoms with van der Waals surface area (Å²) in [7, 11) is 0.0604. The zero-order valence-electron chi connectivity index (χ0n) is 15.8. The second-order valence-corrected chi connectivity index (χ2v) is 7.39. The lowest BCUT2D eigenvalue weighted by molar-refractivity contribution is -0.144. The van der Waals surface area contributed by atoms with Crippen LogP contribution < -0.4 is 32.1 Å². The largest absolute Gasteiger partial charge is 0.480 e. The lowest BCUT2D eigenvalue weighted by Crippen LogP contribution is -2.55. The van der Waals surface area contributed by atoms with Crippen LogP contribution in [-0.2, 0) is 4.79 Å². The van der Waals surface area contributed by atoms with Gasteiger partial charge < -0.3 is 41.4 Å². The molecule has 13 heteroatoms. The number of nitrogen functional groups attached to an aromatic ring is 1. The molecule has 0 unspecified atom stereocenters. The number of aliphatic carboxylic acids is 1. The van der Waals surface area contributed by atoms with Crippen LogP contribution in [0.5, 0.6) is 0 Å². The van der Waals surface area contributed by atoms with Crippen LogP contribution in [0.4, 0.5) is 23.0 Å². The molecular weight excluding hydrogens is 383 g/mol. The SMILES string of the molecule is CN(c1[nH]cnc1N)c1c(N2C[C@H](CCCB(O)O)[C@](N)(C(=O)O)C2)c(=O)c1=O. The summed E-state index contributed by atoms with van der Waals surface area (Å²) in [6.07, 6.45) is 2.11. The molecule has 0 spiro atoms. The Hall–Kier alpha value is -2.90. The van der Waals surface area contributed by atoms with Crippen LogP contribution >= 0.6 is 0 Å². The third-order valence-electron chi connectivity index (χ3n) is 5.53. The van der Waals surface area contributed by atoms with Gasteiger partial charge in [-0.25, -0.2) is 4.98 Å². The summed E-state index contributed by atoms with van der Waals surface area (Å²) in [5.74, 6) is -1.28.